The fourth-order valence-electron chi connectivity index (χ4n) is 1.94. The molecule has 0 radical (unpaired) electrons. The summed E-state index contributed by atoms with van der Waals surface area (Å²) < 4.78 is 3.03. The van der Waals surface area contributed by atoms with Crippen molar-refractivity contribution >= 4 is 22.6 Å². The molecule has 1 saturated carbocycles. The number of aromatic nitrogens is 2. The average molecular weight is 308 g/mol. The van der Waals surface area contributed by atoms with Crippen molar-refractivity contribution in [3.63, 3.8) is 0 Å². The standard InChI is InChI=1S/C9H13IN2O2/c1-5-7(10)4-11-12(5)6-2-8(13)9(14)3-6/h4,6,8-9,13-14H,2-3H2,1H3/t6-,8-,9+. The van der Waals surface area contributed by atoms with Gasteiger partial charge in [0.25, 0.3) is 0 Å². The first-order chi connectivity index (χ1) is 6.59. The predicted molar refractivity (Wildman–Crippen MR) is 60.0 cm³/mol. The summed E-state index contributed by atoms with van der Waals surface area (Å²) in [5.74, 6) is 0. The van der Waals surface area contributed by atoms with Crippen molar-refractivity contribution in [2.24, 2.45) is 0 Å². The second kappa shape index (κ2) is 3.79. The van der Waals surface area contributed by atoms with Crippen LogP contribution in [0.15, 0.2) is 6.20 Å². The van der Waals surface area contributed by atoms with Crippen LogP contribution in [-0.4, -0.2) is 32.2 Å². The molecule has 78 valence electrons. The van der Waals surface area contributed by atoms with Crippen LogP contribution in [0.3, 0.4) is 0 Å². The van der Waals surface area contributed by atoms with Gasteiger partial charge in [-0.05, 0) is 42.4 Å². The van der Waals surface area contributed by atoms with Crippen molar-refractivity contribution in [3.8, 4) is 0 Å². The molecule has 0 aliphatic heterocycles. The molecule has 4 nitrogen and oxygen atoms in total. The van der Waals surface area contributed by atoms with Gasteiger partial charge in [-0.3, -0.25) is 4.68 Å². The van der Waals surface area contributed by atoms with E-state index in [1.807, 2.05) is 17.8 Å². The number of aliphatic hydroxyl groups excluding tert-OH is 2. The van der Waals surface area contributed by atoms with E-state index in [4.69, 9.17) is 0 Å². The maximum absolute atomic E-state index is 9.43. The molecule has 1 aromatic heterocycles. The topological polar surface area (TPSA) is 58.3 Å². The molecule has 2 rings (SSSR count). The largest absolute Gasteiger partial charge is 0.390 e. The van der Waals surface area contributed by atoms with Gasteiger partial charge in [0, 0.05) is 5.69 Å². The van der Waals surface area contributed by atoms with Crippen molar-refractivity contribution in [2.45, 2.75) is 38.0 Å². The van der Waals surface area contributed by atoms with E-state index in [0.717, 1.165) is 9.26 Å². The number of halogens is 1. The lowest BCUT2D eigenvalue weighted by atomic mass is 10.2. The lowest BCUT2D eigenvalue weighted by Crippen LogP contribution is -2.17. The number of nitrogens with zero attached hydrogens (tertiary/aromatic N) is 2. The van der Waals surface area contributed by atoms with E-state index in [0.29, 0.717) is 12.8 Å². The minimum Gasteiger partial charge on any atom is -0.390 e. The zero-order valence-corrected chi connectivity index (χ0v) is 10.0. The quantitative estimate of drug-likeness (QED) is 0.756. The van der Waals surface area contributed by atoms with Gasteiger partial charge in [0.2, 0.25) is 0 Å². The monoisotopic (exact) mass is 308 g/mol. The number of aliphatic hydroxyl groups is 2. The highest BCUT2D eigenvalue weighted by molar-refractivity contribution is 14.1. The molecule has 2 N–H and O–H groups in total. The first-order valence-electron chi connectivity index (χ1n) is 4.65. The van der Waals surface area contributed by atoms with Crippen LogP contribution in [0.1, 0.15) is 24.6 Å². The third-order valence-corrected chi connectivity index (χ3v) is 3.86. The lowest BCUT2D eigenvalue weighted by molar-refractivity contribution is 0.0438. The van der Waals surface area contributed by atoms with E-state index >= 15 is 0 Å². The van der Waals surface area contributed by atoms with Crippen LogP contribution in [0.4, 0.5) is 0 Å². The van der Waals surface area contributed by atoms with Crippen molar-refractivity contribution in [2.75, 3.05) is 0 Å². The van der Waals surface area contributed by atoms with Crippen molar-refractivity contribution in [3.05, 3.63) is 15.5 Å². The number of rotatable bonds is 1. The van der Waals surface area contributed by atoms with Gasteiger partial charge >= 0.3 is 0 Å². The fraction of sp³-hybridized carbons (Fsp3) is 0.667. The fourth-order valence-corrected chi connectivity index (χ4v) is 2.31. The van der Waals surface area contributed by atoms with Crippen LogP contribution in [-0.2, 0) is 0 Å². The molecule has 5 heteroatoms. The first kappa shape index (κ1) is 10.4. The molecule has 0 unspecified atom stereocenters. The van der Waals surface area contributed by atoms with Gasteiger partial charge < -0.3 is 10.2 Å². The van der Waals surface area contributed by atoms with Crippen molar-refractivity contribution < 1.29 is 10.2 Å². The van der Waals surface area contributed by atoms with Gasteiger partial charge in [0.15, 0.2) is 0 Å². The summed E-state index contributed by atoms with van der Waals surface area (Å²) in [6.45, 7) is 2.01. The molecular weight excluding hydrogens is 295 g/mol. The zero-order valence-electron chi connectivity index (χ0n) is 7.89. The second-order valence-corrected chi connectivity index (χ2v) is 4.94. The molecule has 1 aliphatic rings. The summed E-state index contributed by atoms with van der Waals surface area (Å²) >= 11 is 2.23. The Morgan fingerprint density at radius 3 is 2.43 bits per heavy atom. The molecule has 14 heavy (non-hydrogen) atoms. The Bertz CT molecular complexity index is 330. The zero-order chi connectivity index (χ0) is 10.3. The number of hydrogen-bond donors (Lipinski definition) is 2. The highest BCUT2D eigenvalue weighted by Gasteiger charge is 2.33. The Kier molecular flexibility index (Phi) is 2.81. The summed E-state index contributed by atoms with van der Waals surface area (Å²) in [6.07, 6.45) is 1.81. The van der Waals surface area contributed by atoms with Gasteiger partial charge in [0.1, 0.15) is 0 Å². The third kappa shape index (κ3) is 1.68. The Hall–Kier alpha value is -0.140. The van der Waals surface area contributed by atoms with Gasteiger partial charge in [-0.2, -0.15) is 5.10 Å². The SMILES string of the molecule is Cc1c(I)cnn1[C@@H]1C[C@@H](O)[C@@H](O)C1. The summed E-state index contributed by atoms with van der Waals surface area (Å²) in [6, 6.07) is 0.142. The van der Waals surface area contributed by atoms with E-state index in [1.54, 1.807) is 0 Å². The molecule has 0 aromatic carbocycles. The summed E-state index contributed by atoms with van der Waals surface area (Å²) in [5, 5.41) is 23.1. The van der Waals surface area contributed by atoms with E-state index in [-0.39, 0.29) is 6.04 Å². The lowest BCUT2D eigenvalue weighted by Gasteiger charge is -2.11. The summed E-state index contributed by atoms with van der Waals surface area (Å²) in [4.78, 5) is 0. The Balaban J connectivity index is 2.21. The molecule has 1 aliphatic carbocycles. The maximum atomic E-state index is 9.43. The predicted octanol–water partition coefficient (Wildman–Crippen LogP) is 0.853. The van der Waals surface area contributed by atoms with Crippen molar-refractivity contribution in [1.29, 1.82) is 0 Å². The Morgan fingerprint density at radius 2 is 2.00 bits per heavy atom. The molecule has 1 fully saturated rings. The summed E-state index contributed by atoms with van der Waals surface area (Å²) in [7, 11) is 0. The molecule has 0 bridgehead atoms. The van der Waals surface area contributed by atoms with Gasteiger partial charge in [-0.15, -0.1) is 0 Å². The molecule has 0 saturated heterocycles. The first-order valence-corrected chi connectivity index (χ1v) is 5.73. The smallest absolute Gasteiger partial charge is 0.0820 e. The molecule has 1 aromatic rings. The minimum atomic E-state index is -0.596. The second-order valence-electron chi connectivity index (χ2n) is 3.78. The highest BCUT2D eigenvalue weighted by Crippen LogP contribution is 2.31. The highest BCUT2D eigenvalue weighted by atomic mass is 127. The van der Waals surface area contributed by atoms with E-state index < -0.39 is 12.2 Å². The van der Waals surface area contributed by atoms with E-state index in [1.165, 1.54) is 0 Å². The van der Waals surface area contributed by atoms with Gasteiger partial charge in [-0.25, -0.2) is 0 Å². The molecule has 1 heterocycles. The van der Waals surface area contributed by atoms with Crippen LogP contribution in [0.25, 0.3) is 0 Å². The van der Waals surface area contributed by atoms with Crippen LogP contribution < -0.4 is 0 Å². The molecule has 0 amide bonds. The number of hydrogen-bond acceptors (Lipinski definition) is 3. The Labute approximate surface area is 96.1 Å². The summed E-state index contributed by atoms with van der Waals surface area (Å²) in [5.41, 5.74) is 1.11. The van der Waals surface area contributed by atoms with Gasteiger partial charge in [-0.1, -0.05) is 0 Å². The molecule has 3 atom stereocenters. The molecular formula is C9H13IN2O2. The third-order valence-electron chi connectivity index (χ3n) is 2.80. The normalized spacial score (nSPS) is 32.4. The average Bonchev–Trinajstić information content (AvgIpc) is 2.61. The molecule has 0 spiro atoms. The van der Waals surface area contributed by atoms with Crippen LogP contribution in [0.5, 0.6) is 0 Å². The minimum absolute atomic E-state index is 0.142. The maximum Gasteiger partial charge on any atom is 0.0820 e. The van der Waals surface area contributed by atoms with Crippen molar-refractivity contribution in [1.82, 2.24) is 9.78 Å². The van der Waals surface area contributed by atoms with Crippen LogP contribution in [0, 0.1) is 10.5 Å². The Morgan fingerprint density at radius 1 is 1.43 bits per heavy atom. The van der Waals surface area contributed by atoms with Gasteiger partial charge in [0.05, 0.1) is 28.0 Å². The van der Waals surface area contributed by atoms with E-state index in [2.05, 4.69) is 27.7 Å². The van der Waals surface area contributed by atoms with Crippen LogP contribution >= 0.6 is 22.6 Å². The van der Waals surface area contributed by atoms with Crippen LogP contribution in [0.2, 0.25) is 0 Å². The van der Waals surface area contributed by atoms with E-state index in [9.17, 15) is 10.2 Å².